The van der Waals surface area contributed by atoms with Crippen LogP contribution in [-0.2, 0) is 0 Å². The first-order valence-corrected chi connectivity index (χ1v) is 6.61. The molecule has 1 aliphatic rings. The first-order valence-electron chi connectivity index (χ1n) is 6.61. The summed E-state index contributed by atoms with van der Waals surface area (Å²) < 4.78 is 0. The summed E-state index contributed by atoms with van der Waals surface area (Å²) in [5.41, 5.74) is 6.01. The minimum atomic E-state index is 0.348. The zero-order chi connectivity index (χ0) is 12.2. The van der Waals surface area contributed by atoms with Gasteiger partial charge in [0.1, 0.15) is 0 Å². The molecule has 3 atom stereocenters. The average molecular weight is 227 g/mol. The van der Waals surface area contributed by atoms with Crippen LogP contribution in [0.4, 0.5) is 0 Å². The van der Waals surface area contributed by atoms with E-state index in [1.807, 2.05) is 0 Å². The third kappa shape index (κ3) is 3.44. The van der Waals surface area contributed by atoms with E-state index in [2.05, 4.69) is 38.2 Å². The number of rotatable bonds is 5. The Morgan fingerprint density at radius 1 is 1.50 bits per heavy atom. The van der Waals surface area contributed by atoms with Crippen LogP contribution in [0, 0.1) is 5.92 Å². The van der Waals surface area contributed by atoms with Gasteiger partial charge in [-0.05, 0) is 39.8 Å². The molecule has 1 aliphatic carbocycles. The third-order valence-corrected chi connectivity index (χ3v) is 4.15. The van der Waals surface area contributed by atoms with Crippen molar-refractivity contribution in [3.63, 3.8) is 0 Å². The van der Waals surface area contributed by atoms with Crippen LogP contribution in [0.2, 0.25) is 0 Å². The van der Waals surface area contributed by atoms with Gasteiger partial charge >= 0.3 is 0 Å². The molecule has 0 aromatic carbocycles. The van der Waals surface area contributed by atoms with Crippen molar-refractivity contribution in [2.75, 3.05) is 27.2 Å². The fourth-order valence-electron chi connectivity index (χ4n) is 2.80. The molecule has 96 valence electrons. The van der Waals surface area contributed by atoms with Gasteiger partial charge in [0.15, 0.2) is 0 Å². The van der Waals surface area contributed by atoms with Crippen molar-refractivity contribution in [1.29, 1.82) is 0 Å². The summed E-state index contributed by atoms with van der Waals surface area (Å²) in [7, 11) is 4.43. The predicted molar refractivity (Wildman–Crippen MR) is 70.6 cm³/mol. The second-order valence-corrected chi connectivity index (χ2v) is 5.84. The van der Waals surface area contributed by atoms with Gasteiger partial charge in [-0.1, -0.05) is 19.8 Å². The zero-order valence-corrected chi connectivity index (χ0v) is 11.4. The number of likely N-dealkylation sites (N-methyl/N-ethyl adjacent to an activating group) is 1. The van der Waals surface area contributed by atoms with Gasteiger partial charge in [-0.2, -0.15) is 0 Å². The summed E-state index contributed by atoms with van der Waals surface area (Å²) in [6.45, 7) is 6.33. The Hall–Kier alpha value is -0.120. The molecule has 0 bridgehead atoms. The molecule has 16 heavy (non-hydrogen) atoms. The fourth-order valence-corrected chi connectivity index (χ4v) is 2.80. The maximum Gasteiger partial charge on any atom is 0.0330 e. The van der Waals surface area contributed by atoms with Crippen LogP contribution in [0.25, 0.3) is 0 Å². The maximum atomic E-state index is 5.66. The van der Waals surface area contributed by atoms with E-state index in [0.717, 1.165) is 19.0 Å². The molecule has 0 saturated heterocycles. The van der Waals surface area contributed by atoms with Crippen molar-refractivity contribution >= 4 is 0 Å². The lowest BCUT2D eigenvalue weighted by Gasteiger charge is -2.46. The molecule has 0 aromatic rings. The lowest BCUT2D eigenvalue weighted by molar-refractivity contribution is 0.0731. The Labute approximate surface area is 101 Å². The molecular weight excluding hydrogens is 198 g/mol. The molecule has 3 unspecified atom stereocenters. The van der Waals surface area contributed by atoms with Gasteiger partial charge in [0.05, 0.1) is 0 Å². The highest BCUT2D eigenvalue weighted by molar-refractivity contribution is 4.95. The van der Waals surface area contributed by atoms with Crippen LogP contribution >= 0.6 is 0 Å². The quantitative estimate of drug-likeness (QED) is 0.746. The van der Waals surface area contributed by atoms with Crippen molar-refractivity contribution in [1.82, 2.24) is 10.2 Å². The van der Waals surface area contributed by atoms with Crippen molar-refractivity contribution in [2.45, 2.75) is 51.1 Å². The number of nitrogens with two attached hydrogens (primary N) is 1. The highest BCUT2D eigenvalue weighted by Crippen LogP contribution is 2.35. The first-order chi connectivity index (χ1) is 7.50. The van der Waals surface area contributed by atoms with E-state index in [-0.39, 0.29) is 0 Å². The summed E-state index contributed by atoms with van der Waals surface area (Å²) in [5, 5.41) is 3.58. The third-order valence-electron chi connectivity index (χ3n) is 4.15. The van der Waals surface area contributed by atoms with Gasteiger partial charge in [-0.3, -0.25) is 0 Å². The van der Waals surface area contributed by atoms with E-state index in [0.29, 0.717) is 11.6 Å². The zero-order valence-electron chi connectivity index (χ0n) is 11.4. The molecule has 1 saturated carbocycles. The molecule has 0 aliphatic heterocycles. The van der Waals surface area contributed by atoms with Gasteiger partial charge < -0.3 is 16.0 Å². The van der Waals surface area contributed by atoms with Crippen LogP contribution < -0.4 is 11.1 Å². The molecule has 0 aromatic heterocycles. The van der Waals surface area contributed by atoms with Gasteiger partial charge in [-0.15, -0.1) is 0 Å². The molecule has 3 N–H and O–H groups in total. The standard InChI is InChI=1S/C13H29N3/c1-11-6-5-7-13(8-11,16(3)4)10-15-12(2)9-14/h11-12,15H,5-10,14H2,1-4H3. The van der Waals surface area contributed by atoms with Crippen LogP contribution in [-0.4, -0.2) is 43.7 Å². The molecule has 0 radical (unpaired) electrons. The monoisotopic (exact) mass is 227 g/mol. The smallest absolute Gasteiger partial charge is 0.0330 e. The van der Waals surface area contributed by atoms with Crippen LogP contribution in [0.5, 0.6) is 0 Å². The topological polar surface area (TPSA) is 41.3 Å². The summed E-state index contributed by atoms with van der Waals surface area (Å²) >= 11 is 0. The fraction of sp³-hybridized carbons (Fsp3) is 1.00. The number of hydrogen-bond acceptors (Lipinski definition) is 3. The second kappa shape index (κ2) is 5.99. The Balaban J connectivity index is 2.58. The Kier molecular flexibility index (Phi) is 5.22. The largest absolute Gasteiger partial charge is 0.329 e. The number of nitrogens with one attached hydrogen (secondary N) is 1. The minimum absolute atomic E-state index is 0.348. The van der Waals surface area contributed by atoms with Crippen molar-refractivity contribution in [2.24, 2.45) is 11.7 Å². The van der Waals surface area contributed by atoms with E-state index < -0.39 is 0 Å². The van der Waals surface area contributed by atoms with E-state index in [1.165, 1.54) is 25.7 Å². The summed E-state index contributed by atoms with van der Waals surface area (Å²) in [4.78, 5) is 2.42. The summed E-state index contributed by atoms with van der Waals surface area (Å²) in [6.07, 6.45) is 5.37. The highest BCUT2D eigenvalue weighted by Gasteiger charge is 2.36. The Morgan fingerprint density at radius 2 is 2.19 bits per heavy atom. The van der Waals surface area contributed by atoms with Gasteiger partial charge in [0, 0.05) is 24.7 Å². The van der Waals surface area contributed by atoms with E-state index in [4.69, 9.17) is 5.73 Å². The Bertz CT molecular complexity index is 205. The SMILES string of the molecule is CC1CCCC(CNC(C)CN)(N(C)C)C1. The van der Waals surface area contributed by atoms with Crippen molar-refractivity contribution in [3.05, 3.63) is 0 Å². The van der Waals surface area contributed by atoms with Gasteiger partial charge in [-0.25, -0.2) is 0 Å². The molecule has 1 rings (SSSR count). The molecule has 0 amide bonds. The van der Waals surface area contributed by atoms with E-state index in [9.17, 15) is 0 Å². The summed E-state index contributed by atoms with van der Waals surface area (Å²) in [5.74, 6) is 0.853. The van der Waals surface area contributed by atoms with Crippen molar-refractivity contribution in [3.8, 4) is 0 Å². The van der Waals surface area contributed by atoms with Crippen LogP contribution in [0.1, 0.15) is 39.5 Å². The van der Waals surface area contributed by atoms with E-state index in [1.54, 1.807) is 0 Å². The molecule has 0 heterocycles. The van der Waals surface area contributed by atoms with E-state index >= 15 is 0 Å². The van der Waals surface area contributed by atoms with Gasteiger partial charge in [0.2, 0.25) is 0 Å². The molecular formula is C13H29N3. The average Bonchev–Trinajstić information content (AvgIpc) is 2.25. The maximum absolute atomic E-state index is 5.66. The first kappa shape index (κ1) is 13.9. The molecule has 3 heteroatoms. The Morgan fingerprint density at radius 3 is 2.69 bits per heavy atom. The second-order valence-electron chi connectivity index (χ2n) is 5.84. The van der Waals surface area contributed by atoms with Crippen LogP contribution in [0.3, 0.4) is 0 Å². The molecule has 1 fully saturated rings. The lowest BCUT2D eigenvalue weighted by atomic mass is 9.75. The lowest BCUT2D eigenvalue weighted by Crippen LogP contribution is -2.56. The molecule has 0 spiro atoms. The molecule has 3 nitrogen and oxygen atoms in total. The minimum Gasteiger partial charge on any atom is -0.329 e. The summed E-state index contributed by atoms with van der Waals surface area (Å²) in [6, 6.07) is 0.425. The predicted octanol–water partition coefficient (Wildman–Crippen LogP) is 1.43. The van der Waals surface area contributed by atoms with Crippen molar-refractivity contribution < 1.29 is 0 Å². The highest BCUT2D eigenvalue weighted by atomic mass is 15.2. The number of hydrogen-bond donors (Lipinski definition) is 2. The normalized spacial score (nSPS) is 33.0. The number of nitrogens with zero attached hydrogens (tertiary/aromatic N) is 1. The van der Waals surface area contributed by atoms with Gasteiger partial charge in [0.25, 0.3) is 0 Å². The van der Waals surface area contributed by atoms with Crippen LogP contribution in [0.15, 0.2) is 0 Å².